The van der Waals surface area contributed by atoms with Gasteiger partial charge in [0.2, 0.25) is 6.79 Å². The van der Waals surface area contributed by atoms with Gasteiger partial charge in [-0.25, -0.2) is 4.68 Å². The Bertz CT molecular complexity index is 945. The molecule has 2 aromatic carbocycles. The number of carbonyl (C=O) groups excluding carboxylic acids is 1. The highest BCUT2D eigenvalue weighted by Gasteiger charge is 2.17. The Hall–Kier alpha value is -3.62. The topological polar surface area (TPSA) is 100 Å². The lowest BCUT2D eigenvalue weighted by atomic mass is 10.2. The van der Waals surface area contributed by atoms with E-state index in [1.807, 2.05) is 30.3 Å². The quantitative estimate of drug-likeness (QED) is 0.704. The number of aromatic nitrogens is 4. The average molecular weight is 367 g/mol. The predicted molar refractivity (Wildman–Crippen MR) is 93.7 cm³/mol. The van der Waals surface area contributed by atoms with Gasteiger partial charge >= 0.3 is 0 Å². The van der Waals surface area contributed by atoms with Crippen LogP contribution < -0.4 is 19.5 Å². The molecule has 0 fully saturated rings. The summed E-state index contributed by atoms with van der Waals surface area (Å²) in [6.45, 7) is 2.28. The molecule has 9 nitrogen and oxygen atoms in total. The molecule has 1 aromatic heterocycles. The number of carbonyl (C=O) groups is 1. The molecule has 1 aliphatic rings. The largest absolute Gasteiger partial charge is 0.481 e. The second kappa shape index (κ2) is 7.32. The number of nitrogens with zero attached hydrogens (tertiary/aromatic N) is 4. The summed E-state index contributed by atoms with van der Waals surface area (Å²) in [5.41, 5.74) is 1.66. The van der Waals surface area contributed by atoms with Gasteiger partial charge < -0.3 is 19.5 Å². The van der Waals surface area contributed by atoms with E-state index in [-0.39, 0.29) is 12.7 Å². The number of hydrogen-bond acceptors (Lipinski definition) is 7. The van der Waals surface area contributed by atoms with E-state index in [1.165, 1.54) is 11.0 Å². The highest BCUT2D eigenvalue weighted by Crippen LogP contribution is 2.32. The SMILES string of the molecule is C[C@@H](Oc1cccc(-n2cnnn2)c1)C(=O)NCc1ccc2c(c1)OCO2. The van der Waals surface area contributed by atoms with Crippen molar-refractivity contribution >= 4 is 5.91 Å². The van der Waals surface area contributed by atoms with Crippen molar-refractivity contribution in [3.63, 3.8) is 0 Å². The van der Waals surface area contributed by atoms with Gasteiger partial charge in [-0.05, 0) is 47.2 Å². The lowest BCUT2D eigenvalue weighted by Crippen LogP contribution is -2.35. The van der Waals surface area contributed by atoms with Gasteiger partial charge in [0.15, 0.2) is 17.6 Å². The Balaban J connectivity index is 1.35. The van der Waals surface area contributed by atoms with Crippen LogP contribution in [0.3, 0.4) is 0 Å². The molecule has 0 saturated heterocycles. The second-order valence-electron chi connectivity index (χ2n) is 5.92. The van der Waals surface area contributed by atoms with Gasteiger partial charge in [-0.3, -0.25) is 4.79 Å². The first kappa shape index (κ1) is 16.8. The van der Waals surface area contributed by atoms with Crippen LogP contribution >= 0.6 is 0 Å². The fraction of sp³-hybridized carbons (Fsp3) is 0.222. The van der Waals surface area contributed by atoms with Crippen molar-refractivity contribution in [2.45, 2.75) is 19.6 Å². The van der Waals surface area contributed by atoms with Gasteiger partial charge in [0, 0.05) is 12.6 Å². The second-order valence-corrected chi connectivity index (χ2v) is 5.92. The molecule has 1 N–H and O–H groups in total. The first-order valence-electron chi connectivity index (χ1n) is 8.35. The van der Waals surface area contributed by atoms with Crippen molar-refractivity contribution in [2.24, 2.45) is 0 Å². The van der Waals surface area contributed by atoms with E-state index in [0.29, 0.717) is 23.8 Å². The molecule has 0 saturated carbocycles. The van der Waals surface area contributed by atoms with Crippen molar-refractivity contribution in [1.29, 1.82) is 0 Å². The average Bonchev–Trinajstić information content (AvgIpc) is 3.37. The van der Waals surface area contributed by atoms with E-state index in [2.05, 4.69) is 20.8 Å². The third-order valence-electron chi connectivity index (χ3n) is 4.02. The molecule has 0 spiro atoms. The van der Waals surface area contributed by atoms with Crippen LogP contribution in [0.1, 0.15) is 12.5 Å². The molecule has 9 heteroatoms. The van der Waals surface area contributed by atoms with Crippen LogP contribution in [0.25, 0.3) is 5.69 Å². The van der Waals surface area contributed by atoms with E-state index in [1.54, 1.807) is 19.1 Å². The van der Waals surface area contributed by atoms with E-state index >= 15 is 0 Å². The summed E-state index contributed by atoms with van der Waals surface area (Å²) >= 11 is 0. The molecule has 3 aromatic rings. The van der Waals surface area contributed by atoms with Crippen LogP contribution in [0.15, 0.2) is 48.8 Å². The molecule has 0 bridgehead atoms. The standard InChI is InChI=1S/C18H17N5O4/c1-12(27-15-4-2-3-14(8-15)23-10-20-21-22-23)18(24)19-9-13-5-6-16-17(7-13)26-11-25-16/h2-8,10,12H,9,11H2,1H3,(H,19,24)/t12-/m1/s1. The summed E-state index contributed by atoms with van der Waals surface area (Å²) in [5, 5.41) is 13.9. The summed E-state index contributed by atoms with van der Waals surface area (Å²) in [6.07, 6.45) is 0.823. The number of ether oxygens (including phenoxy) is 3. The summed E-state index contributed by atoms with van der Waals surface area (Å²) in [6, 6.07) is 12.7. The van der Waals surface area contributed by atoms with Crippen molar-refractivity contribution in [1.82, 2.24) is 25.5 Å². The molecule has 27 heavy (non-hydrogen) atoms. The smallest absolute Gasteiger partial charge is 0.261 e. The normalized spacial score (nSPS) is 13.2. The van der Waals surface area contributed by atoms with Gasteiger partial charge in [-0.15, -0.1) is 5.10 Å². The highest BCUT2D eigenvalue weighted by atomic mass is 16.7. The molecule has 4 rings (SSSR count). The number of nitrogens with one attached hydrogen (secondary N) is 1. The minimum absolute atomic E-state index is 0.222. The first-order valence-corrected chi connectivity index (χ1v) is 8.35. The van der Waals surface area contributed by atoms with Crippen LogP contribution in [0.4, 0.5) is 0 Å². The molecule has 1 aliphatic heterocycles. The van der Waals surface area contributed by atoms with Crippen LogP contribution in [0.2, 0.25) is 0 Å². The van der Waals surface area contributed by atoms with E-state index in [9.17, 15) is 4.79 Å². The third kappa shape index (κ3) is 3.81. The number of benzene rings is 2. The van der Waals surface area contributed by atoms with E-state index in [0.717, 1.165) is 11.3 Å². The molecule has 0 aliphatic carbocycles. The molecule has 2 heterocycles. The Morgan fingerprint density at radius 1 is 1.26 bits per heavy atom. The van der Waals surface area contributed by atoms with Gasteiger partial charge in [-0.2, -0.15) is 0 Å². The summed E-state index contributed by atoms with van der Waals surface area (Å²) in [4.78, 5) is 12.3. The van der Waals surface area contributed by atoms with Gasteiger partial charge in [0.1, 0.15) is 12.1 Å². The van der Waals surface area contributed by atoms with E-state index < -0.39 is 6.10 Å². The number of tetrazole rings is 1. The molecule has 138 valence electrons. The minimum atomic E-state index is -0.664. The fourth-order valence-electron chi connectivity index (χ4n) is 2.62. The summed E-state index contributed by atoms with van der Waals surface area (Å²) in [7, 11) is 0. The zero-order valence-electron chi connectivity index (χ0n) is 14.5. The fourth-order valence-corrected chi connectivity index (χ4v) is 2.62. The molecule has 1 atom stereocenters. The molecule has 0 radical (unpaired) electrons. The summed E-state index contributed by atoms with van der Waals surface area (Å²) < 4.78 is 17.9. The van der Waals surface area contributed by atoms with Crippen LogP contribution in [0.5, 0.6) is 17.2 Å². The Morgan fingerprint density at radius 3 is 3.00 bits per heavy atom. The van der Waals surface area contributed by atoms with Gasteiger partial charge in [-0.1, -0.05) is 12.1 Å². The number of hydrogen-bond donors (Lipinski definition) is 1. The highest BCUT2D eigenvalue weighted by molar-refractivity contribution is 5.80. The monoisotopic (exact) mass is 367 g/mol. The first-order chi connectivity index (χ1) is 13.2. The lowest BCUT2D eigenvalue weighted by molar-refractivity contribution is -0.127. The van der Waals surface area contributed by atoms with Crippen molar-refractivity contribution in [3.05, 3.63) is 54.4 Å². The van der Waals surface area contributed by atoms with Crippen LogP contribution in [-0.2, 0) is 11.3 Å². The molecule has 0 unspecified atom stereocenters. The Kier molecular flexibility index (Phi) is 4.56. The number of amides is 1. The number of rotatable bonds is 6. The number of fused-ring (bicyclic) bond motifs is 1. The molecular formula is C18H17N5O4. The zero-order valence-corrected chi connectivity index (χ0v) is 14.5. The molecular weight excluding hydrogens is 350 g/mol. The molecule has 1 amide bonds. The Labute approximate surface area is 154 Å². The van der Waals surface area contributed by atoms with E-state index in [4.69, 9.17) is 14.2 Å². The van der Waals surface area contributed by atoms with Crippen LogP contribution in [-0.4, -0.2) is 39.0 Å². The maximum atomic E-state index is 12.3. The van der Waals surface area contributed by atoms with Crippen molar-refractivity contribution in [2.75, 3.05) is 6.79 Å². The zero-order chi connectivity index (χ0) is 18.6. The third-order valence-corrected chi connectivity index (χ3v) is 4.02. The predicted octanol–water partition coefficient (Wildman–Crippen LogP) is 1.47. The van der Waals surface area contributed by atoms with Gasteiger partial charge in [0.25, 0.3) is 5.91 Å². The summed E-state index contributed by atoms with van der Waals surface area (Å²) in [5.74, 6) is 1.73. The van der Waals surface area contributed by atoms with Gasteiger partial charge in [0.05, 0.1) is 5.69 Å². The maximum Gasteiger partial charge on any atom is 0.261 e. The maximum absolute atomic E-state index is 12.3. The van der Waals surface area contributed by atoms with Crippen LogP contribution in [0, 0.1) is 0 Å². The minimum Gasteiger partial charge on any atom is -0.481 e. The lowest BCUT2D eigenvalue weighted by Gasteiger charge is -2.15. The Morgan fingerprint density at radius 2 is 2.15 bits per heavy atom. The van der Waals surface area contributed by atoms with Crippen molar-refractivity contribution in [3.8, 4) is 22.9 Å². The van der Waals surface area contributed by atoms with Crippen molar-refractivity contribution < 1.29 is 19.0 Å².